The number of fused-ring (bicyclic) bond motifs is 1. The molecule has 0 radical (unpaired) electrons. The van der Waals surface area contributed by atoms with Crippen molar-refractivity contribution in [3.05, 3.63) is 35.1 Å². The smallest absolute Gasteiger partial charge is 0.249 e. The summed E-state index contributed by atoms with van der Waals surface area (Å²) < 4.78 is 2.26. The van der Waals surface area contributed by atoms with Gasteiger partial charge in [-0.1, -0.05) is 21.1 Å². The van der Waals surface area contributed by atoms with Gasteiger partial charge in [-0.05, 0) is 18.2 Å². The fourth-order valence-corrected chi connectivity index (χ4v) is 2.36. The predicted octanol–water partition coefficient (Wildman–Crippen LogP) is 1.03. The minimum Gasteiger partial charge on any atom is -0.323 e. The Morgan fingerprint density at radius 2 is 2.30 bits per heavy atom. The SMILES string of the molecule is O=C1CN(C(=O)Cn2ccnn2)c2cc(Br)ccc2N1. The molecule has 1 N–H and O–H groups in total. The van der Waals surface area contributed by atoms with Crippen molar-refractivity contribution in [3.8, 4) is 0 Å². The maximum Gasteiger partial charge on any atom is 0.249 e. The second-order valence-electron chi connectivity index (χ2n) is 4.29. The molecule has 0 aliphatic carbocycles. The molecule has 1 aliphatic heterocycles. The Labute approximate surface area is 122 Å². The first-order chi connectivity index (χ1) is 9.63. The highest BCUT2D eigenvalue weighted by Gasteiger charge is 2.27. The molecule has 2 heterocycles. The molecule has 0 bridgehead atoms. The summed E-state index contributed by atoms with van der Waals surface area (Å²) in [4.78, 5) is 25.4. The number of anilines is 2. The van der Waals surface area contributed by atoms with E-state index in [0.29, 0.717) is 11.4 Å². The van der Waals surface area contributed by atoms with Gasteiger partial charge in [0.2, 0.25) is 11.8 Å². The van der Waals surface area contributed by atoms with Gasteiger partial charge in [-0.15, -0.1) is 5.10 Å². The van der Waals surface area contributed by atoms with Gasteiger partial charge in [-0.3, -0.25) is 14.5 Å². The van der Waals surface area contributed by atoms with Crippen LogP contribution in [0.15, 0.2) is 35.1 Å². The molecule has 102 valence electrons. The highest BCUT2D eigenvalue weighted by molar-refractivity contribution is 9.10. The number of benzene rings is 1. The molecule has 8 heteroatoms. The summed E-state index contributed by atoms with van der Waals surface area (Å²) in [7, 11) is 0. The Morgan fingerprint density at radius 3 is 3.05 bits per heavy atom. The number of carbonyl (C=O) groups excluding carboxylic acids is 2. The number of carbonyl (C=O) groups is 2. The molecule has 1 aliphatic rings. The van der Waals surface area contributed by atoms with Crippen LogP contribution in [0.3, 0.4) is 0 Å². The Hall–Kier alpha value is -2.22. The first kappa shape index (κ1) is 12.8. The monoisotopic (exact) mass is 335 g/mol. The molecular weight excluding hydrogens is 326 g/mol. The van der Waals surface area contributed by atoms with Gasteiger partial charge < -0.3 is 5.32 Å². The second kappa shape index (κ2) is 5.04. The Balaban J connectivity index is 1.91. The molecule has 2 amide bonds. The Morgan fingerprint density at radius 1 is 1.45 bits per heavy atom. The van der Waals surface area contributed by atoms with E-state index in [1.165, 1.54) is 15.8 Å². The van der Waals surface area contributed by atoms with E-state index in [1.54, 1.807) is 18.3 Å². The van der Waals surface area contributed by atoms with E-state index in [2.05, 4.69) is 31.6 Å². The number of nitrogens with zero attached hydrogens (tertiary/aromatic N) is 4. The van der Waals surface area contributed by atoms with Crippen LogP contribution in [0.1, 0.15) is 0 Å². The zero-order valence-electron chi connectivity index (χ0n) is 10.3. The van der Waals surface area contributed by atoms with Gasteiger partial charge >= 0.3 is 0 Å². The van der Waals surface area contributed by atoms with Gasteiger partial charge in [0.1, 0.15) is 13.1 Å². The Kier molecular flexibility index (Phi) is 3.23. The van der Waals surface area contributed by atoms with Crippen molar-refractivity contribution >= 4 is 39.1 Å². The summed E-state index contributed by atoms with van der Waals surface area (Å²) in [6.07, 6.45) is 3.10. The summed E-state index contributed by atoms with van der Waals surface area (Å²) in [6.45, 7) is 0.0379. The number of aromatic nitrogens is 3. The van der Waals surface area contributed by atoms with Gasteiger partial charge in [0, 0.05) is 10.7 Å². The highest BCUT2D eigenvalue weighted by atomic mass is 79.9. The molecule has 0 saturated heterocycles. The molecule has 1 aromatic heterocycles. The third-order valence-corrected chi connectivity index (χ3v) is 3.39. The normalized spacial score (nSPS) is 13.8. The van der Waals surface area contributed by atoms with Crippen LogP contribution in [0.25, 0.3) is 0 Å². The average Bonchev–Trinajstić information content (AvgIpc) is 2.91. The van der Waals surface area contributed by atoms with Crippen LogP contribution in [0.2, 0.25) is 0 Å². The van der Waals surface area contributed by atoms with Crippen molar-refractivity contribution in [2.75, 3.05) is 16.8 Å². The topological polar surface area (TPSA) is 80.1 Å². The van der Waals surface area contributed by atoms with E-state index in [1.807, 2.05) is 6.07 Å². The minimum atomic E-state index is -0.218. The number of amides is 2. The van der Waals surface area contributed by atoms with Crippen LogP contribution in [0.4, 0.5) is 11.4 Å². The molecule has 3 rings (SSSR count). The van der Waals surface area contributed by atoms with E-state index in [9.17, 15) is 9.59 Å². The molecule has 1 aromatic carbocycles. The first-order valence-corrected chi connectivity index (χ1v) is 6.66. The van der Waals surface area contributed by atoms with Gasteiger partial charge in [0.05, 0.1) is 17.6 Å². The van der Waals surface area contributed by atoms with Crippen molar-refractivity contribution in [2.24, 2.45) is 0 Å². The molecule has 0 saturated carbocycles. The molecular formula is C12H10BrN5O2. The van der Waals surface area contributed by atoms with E-state index in [0.717, 1.165) is 4.47 Å². The summed E-state index contributed by atoms with van der Waals surface area (Å²) in [5.74, 6) is -0.434. The third-order valence-electron chi connectivity index (χ3n) is 2.90. The average molecular weight is 336 g/mol. The van der Waals surface area contributed by atoms with E-state index >= 15 is 0 Å². The number of rotatable bonds is 2. The maximum atomic E-state index is 12.3. The summed E-state index contributed by atoms with van der Waals surface area (Å²) in [5.41, 5.74) is 1.29. The fourth-order valence-electron chi connectivity index (χ4n) is 2.02. The maximum absolute atomic E-state index is 12.3. The van der Waals surface area contributed by atoms with Crippen molar-refractivity contribution in [1.82, 2.24) is 15.0 Å². The molecule has 0 atom stereocenters. The molecule has 0 unspecified atom stereocenters. The van der Waals surface area contributed by atoms with Gasteiger partial charge in [-0.25, -0.2) is 4.68 Å². The number of nitrogens with one attached hydrogen (secondary N) is 1. The largest absolute Gasteiger partial charge is 0.323 e. The van der Waals surface area contributed by atoms with Crippen LogP contribution in [-0.2, 0) is 16.1 Å². The van der Waals surface area contributed by atoms with E-state index in [4.69, 9.17) is 0 Å². The third kappa shape index (κ3) is 2.42. The molecule has 0 fully saturated rings. The molecule has 2 aromatic rings. The zero-order chi connectivity index (χ0) is 14.1. The van der Waals surface area contributed by atoms with Crippen LogP contribution >= 0.6 is 15.9 Å². The fraction of sp³-hybridized carbons (Fsp3) is 0.167. The van der Waals surface area contributed by atoms with Crippen molar-refractivity contribution in [2.45, 2.75) is 6.54 Å². The van der Waals surface area contributed by atoms with E-state index in [-0.39, 0.29) is 24.9 Å². The second-order valence-corrected chi connectivity index (χ2v) is 5.21. The van der Waals surface area contributed by atoms with Crippen molar-refractivity contribution < 1.29 is 9.59 Å². The molecule has 20 heavy (non-hydrogen) atoms. The number of halogens is 1. The lowest BCUT2D eigenvalue weighted by Gasteiger charge is -2.29. The summed E-state index contributed by atoms with van der Waals surface area (Å²) in [6, 6.07) is 5.37. The van der Waals surface area contributed by atoms with Crippen LogP contribution in [-0.4, -0.2) is 33.4 Å². The standard InChI is InChI=1S/C12H10BrN5O2/c13-8-1-2-9-10(5-8)18(6-11(19)15-9)12(20)7-17-4-3-14-16-17/h1-5H,6-7H2,(H,15,19). The first-order valence-electron chi connectivity index (χ1n) is 5.87. The Bertz CT molecular complexity index is 670. The molecule has 7 nitrogen and oxygen atoms in total. The number of hydrogen-bond donors (Lipinski definition) is 1. The lowest BCUT2D eigenvalue weighted by molar-refractivity contribution is -0.122. The zero-order valence-corrected chi connectivity index (χ0v) is 11.9. The number of hydrogen-bond acceptors (Lipinski definition) is 4. The summed E-state index contributed by atoms with van der Waals surface area (Å²) in [5, 5.41) is 10.1. The highest BCUT2D eigenvalue weighted by Crippen LogP contribution is 2.32. The van der Waals surface area contributed by atoms with E-state index < -0.39 is 0 Å². The van der Waals surface area contributed by atoms with Gasteiger partial charge in [0.15, 0.2) is 0 Å². The van der Waals surface area contributed by atoms with Crippen LogP contribution in [0, 0.1) is 0 Å². The molecule has 0 spiro atoms. The quantitative estimate of drug-likeness (QED) is 0.888. The van der Waals surface area contributed by atoms with Crippen molar-refractivity contribution in [1.29, 1.82) is 0 Å². The van der Waals surface area contributed by atoms with Crippen LogP contribution in [0.5, 0.6) is 0 Å². The predicted molar refractivity (Wildman–Crippen MR) is 75.1 cm³/mol. The van der Waals surface area contributed by atoms with Crippen LogP contribution < -0.4 is 10.2 Å². The lowest BCUT2D eigenvalue weighted by Crippen LogP contribution is -2.43. The van der Waals surface area contributed by atoms with Gasteiger partial charge in [0.25, 0.3) is 0 Å². The lowest BCUT2D eigenvalue weighted by atomic mass is 10.2. The summed E-state index contributed by atoms with van der Waals surface area (Å²) >= 11 is 3.36. The van der Waals surface area contributed by atoms with Crippen molar-refractivity contribution in [3.63, 3.8) is 0 Å². The minimum absolute atomic E-state index is 0.00299. The van der Waals surface area contributed by atoms with Gasteiger partial charge in [-0.2, -0.15) is 0 Å².